The molecule has 2 rings (SSSR count). The molecule has 0 heterocycles. The molecule has 5 nitrogen and oxygen atoms in total. The summed E-state index contributed by atoms with van der Waals surface area (Å²) in [6, 6.07) is 17.1. The number of carbonyl (C=O) groups is 2. The van der Waals surface area contributed by atoms with Gasteiger partial charge in [-0.25, -0.2) is 0 Å². The number of anilines is 1. The first kappa shape index (κ1) is 20.5. The molecule has 0 aliphatic carbocycles. The lowest BCUT2D eigenvalue weighted by molar-refractivity contribution is -0.138. The maximum absolute atomic E-state index is 12.5. The highest BCUT2D eigenvalue weighted by Gasteiger charge is 2.36. The van der Waals surface area contributed by atoms with Gasteiger partial charge in [0.25, 0.3) is 0 Å². The fraction of sp³-hybridized carbons (Fsp3) is 0.364. The van der Waals surface area contributed by atoms with Crippen molar-refractivity contribution in [2.24, 2.45) is 5.41 Å². The largest absolute Gasteiger partial charge is 0.489 e. The van der Waals surface area contributed by atoms with Gasteiger partial charge in [-0.3, -0.25) is 9.59 Å². The lowest BCUT2D eigenvalue weighted by Gasteiger charge is -2.24. The van der Waals surface area contributed by atoms with Crippen LogP contribution in [0.3, 0.4) is 0 Å². The molecule has 0 aromatic heterocycles. The highest BCUT2D eigenvalue weighted by Crippen LogP contribution is 2.22. The maximum atomic E-state index is 12.5. The molecule has 0 bridgehead atoms. The third kappa shape index (κ3) is 5.84. The summed E-state index contributed by atoms with van der Waals surface area (Å²) in [6.07, 6.45) is 0.813. The molecule has 0 radical (unpaired) electrons. The minimum atomic E-state index is -1.16. The van der Waals surface area contributed by atoms with Crippen LogP contribution in [-0.2, 0) is 16.2 Å². The average Bonchev–Trinajstić information content (AvgIpc) is 2.68. The molecule has 2 N–H and O–H groups in total. The zero-order valence-electron chi connectivity index (χ0n) is 16.4. The van der Waals surface area contributed by atoms with E-state index in [1.54, 1.807) is 38.1 Å². The van der Waals surface area contributed by atoms with Crippen molar-refractivity contribution < 1.29 is 14.3 Å². The summed E-state index contributed by atoms with van der Waals surface area (Å²) >= 11 is 0. The monoisotopic (exact) mass is 368 g/mol. The van der Waals surface area contributed by atoms with Crippen LogP contribution in [0, 0.1) is 5.41 Å². The Morgan fingerprint density at radius 2 is 1.63 bits per heavy atom. The lowest BCUT2D eigenvalue weighted by atomic mass is 9.90. The SMILES string of the molecule is CCC(C)NC(=O)C(C)(C)C(=O)Nc1ccc(OCc2ccccc2)cc1. The first-order valence-electron chi connectivity index (χ1n) is 9.22. The third-order valence-electron chi connectivity index (χ3n) is 4.49. The Hall–Kier alpha value is -2.82. The van der Waals surface area contributed by atoms with E-state index in [4.69, 9.17) is 4.74 Å². The van der Waals surface area contributed by atoms with Gasteiger partial charge in [0.05, 0.1) is 0 Å². The van der Waals surface area contributed by atoms with Crippen LogP contribution in [-0.4, -0.2) is 17.9 Å². The van der Waals surface area contributed by atoms with Gasteiger partial charge in [-0.2, -0.15) is 0 Å². The van der Waals surface area contributed by atoms with E-state index >= 15 is 0 Å². The van der Waals surface area contributed by atoms with Crippen molar-refractivity contribution in [2.45, 2.75) is 46.8 Å². The first-order valence-corrected chi connectivity index (χ1v) is 9.22. The quantitative estimate of drug-likeness (QED) is 0.688. The van der Waals surface area contributed by atoms with Crippen LogP contribution < -0.4 is 15.4 Å². The Labute approximate surface area is 161 Å². The van der Waals surface area contributed by atoms with Crippen molar-refractivity contribution in [1.82, 2.24) is 5.32 Å². The van der Waals surface area contributed by atoms with Gasteiger partial charge in [0, 0.05) is 11.7 Å². The maximum Gasteiger partial charge on any atom is 0.239 e. The second-order valence-electron chi connectivity index (χ2n) is 7.16. The second-order valence-corrected chi connectivity index (χ2v) is 7.16. The fourth-order valence-corrected chi connectivity index (χ4v) is 2.27. The molecule has 2 aromatic rings. The van der Waals surface area contributed by atoms with Crippen LogP contribution in [0.2, 0.25) is 0 Å². The van der Waals surface area contributed by atoms with E-state index in [1.165, 1.54) is 0 Å². The van der Waals surface area contributed by atoms with Crippen molar-refractivity contribution in [1.29, 1.82) is 0 Å². The zero-order chi connectivity index (χ0) is 19.9. The highest BCUT2D eigenvalue weighted by atomic mass is 16.5. The van der Waals surface area contributed by atoms with E-state index in [0.717, 1.165) is 12.0 Å². The van der Waals surface area contributed by atoms with Gasteiger partial charge in [-0.1, -0.05) is 37.3 Å². The number of rotatable bonds is 8. The van der Waals surface area contributed by atoms with Crippen molar-refractivity contribution >= 4 is 17.5 Å². The van der Waals surface area contributed by atoms with Crippen molar-refractivity contribution in [2.75, 3.05) is 5.32 Å². The molecule has 0 aliphatic heterocycles. The fourth-order valence-electron chi connectivity index (χ4n) is 2.27. The average molecular weight is 368 g/mol. The van der Waals surface area contributed by atoms with Crippen LogP contribution in [0.5, 0.6) is 5.75 Å². The molecule has 144 valence electrons. The molecule has 0 spiro atoms. The zero-order valence-corrected chi connectivity index (χ0v) is 16.4. The van der Waals surface area contributed by atoms with Gasteiger partial charge in [0.2, 0.25) is 11.8 Å². The Bertz CT molecular complexity index is 755. The number of nitrogens with one attached hydrogen (secondary N) is 2. The smallest absolute Gasteiger partial charge is 0.239 e. The number of hydrogen-bond donors (Lipinski definition) is 2. The molecule has 5 heteroatoms. The highest BCUT2D eigenvalue weighted by molar-refractivity contribution is 6.09. The number of carbonyl (C=O) groups excluding carboxylic acids is 2. The van der Waals surface area contributed by atoms with Gasteiger partial charge >= 0.3 is 0 Å². The van der Waals surface area contributed by atoms with Crippen LogP contribution in [0.25, 0.3) is 0 Å². The van der Waals surface area contributed by atoms with E-state index in [0.29, 0.717) is 18.0 Å². The van der Waals surface area contributed by atoms with Gasteiger partial charge < -0.3 is 15.4 Å². The summed E-state index contributed by atoms with van der Waals surface area (Å²) in [6.45, 7) is 7.63. The minimum Gasteiger partial charge on any atom is -0.489 e. The second kappa shape index (κ2) is 9.21. The van der Waals surface area contributed by atoms with E-state index < -0.39 is 5.41 Å². The van der Waals surface area contributed by atoms with Crippen LogP contribution in [0.4, 0.5) is 5.69 Å². The summed E-state index contributed by atoms with van der Waals surface area (Å²) in [7, 11) is 0. The number of amides is 2. The lowest BCUT2D eigenvalue weighted by Crippen LogP contribution is -2.47. The van der Waals surface area contributed by atoms with E-state index in [2.05, 4.69) is 10.6 Å². The predicted octanol–water partition coefficient (Wildman–Crippen LogP) is 4.15. The normalized spacial score (nSPS) is 12.1. The molecule has 1 atom stereocenters. The third-order valence-corrected chi connectivity index (χ3v) is 4.49. The van der Waals surface area contributed by atoms with Gasteiger partial charge in [-0.15, -0.1) is 0 Å². The molecule has 0 saturated heterocycles. The van der Waals surface area contributed by atoms with Crippen molar-refractivity contribution in [3.8, 4) is 5.75 Å². The van der Waals surface area contributed by atoms with Crippen molar-refractivity contribution in [3.63, 3.8) is 0 Å². The summed E-state index contributed by atoms with van der Waals surface area (Å²) < 4.78 is 5.74. The topological polar surface area (TPSA) is 67.4 Å². The molecule has 0 aliphatic rings. The molecular weight excluding hydrogens is 340 g/mol. The number of ether oxygens (including phenoxy) is 1. The molecule has 2 amide bonds. The van der Waals surface area contributed by atoms with Crippen LogP contribution >= 0.6 is 0 Å². The molecule has 2 aromatic carbocycles. The number of benzene rings is 2. The minimum absolute atomic E-state index is 0.0330. The molecule has 27 heavy (non-hydrogen) atoms. The van der Waals surface area contributed by atoms with Gasteiger partial charge in [-0.05, 0) is 57.0 Å². The molecular formula is C22H28N2O3. The Morgan fingerprint density at radius 3 is 2.22 bits per heavy atom. The van der Waals surface area contributed by atoms with Crippen LogP contribution in [0.15, 0.2) is 54.6 Å². The Kier molecular flexibility index (Phi) is 6.99. The van der Waals surface area contributed by atoms with Crippen molar-refractivity contribution in [3.05, 3.63) is 60.2 Å². The summed E-state index contributed by atoms with van der Waals surface area (Å²) in [4.78, 5) is 24.9. The molecule has 0 saturated carbocycles. The standard InChI is InChI=1S/C22H28N2O3/c1-5-16(2)23-20(25)22(3,4)21(26)24-18-11-13-19(14-12-18)27-15-17-9-7-6-8-10-17/h6-14,16H,5,15H2,1-4H3,(H,23,25)(H,24,26). The summed E-state index contributed by atoms with van der Waals surface area (Å²) in [5.41, 5.74) is 0.548. The summed E-state index contributed by atoms with van der Waals surface area (Å²) in [5.74, 6) is 0.0871. The Morgan fingerprint density at radius 1 is 1.00 bits per heavy atom. The molecule has 0 fully saturated rings. The predicted molar refractivity (Wildman–Crippen MR) is 108 cm³/mol. The first-order chi connectivity index (χ1) is 12.8. The Balaban J connectivity index is 1.92. The van der Waals surface area contributed by atoms with Gasteiger partial charge in [0.1, 0.15) is 17.8 Å². The van der Waals surface area contributed by atoms with E-state index in [9.17, 15) is 9.59 Å². The summed E-state index contributed by atoms with van der Waals surface area (Å²) in [5, 5.41) is 5.66. The number of hydrogen-bond acceptors (Lipinski definition) is 3. The van der Waals surface area contributed by atoms with Gasteiger partial charge in [0.15, 0.2) is 0 Å². The van der Waals surface area contributed by atoms with E-state index in [-0.39, 0.29) is 17.9 Å². The van der Waals surface area contributed by atoms with Crippen LogP contribution in [0.1, 0.15) is 39.7 Å². The molecule has 1 unspecified atom stereocenters. The van der Waals surface area contributed by atoms with E-state index in [1.807, 2.05) is 44.2 Å².